The average molecular weight is 1070 g/mol. The molecule has 394 valence electrons. The molecule has 2 fully saturated rings. The first kappa shape index (κ1) is 52.3. The van der Waals surface area contributed by atoms with Crippen LogP contribution in [-0.2, 0) is 43.2 Å². The number of benzene rings is 2. The number of fused-ring (bicyclic) bond motifs is 2. The van der Waals surface area contributed by atoms with Gasteiger partial charge in [0.25, 0.3) is 11.1 Å². The van der Waals surface area contributed by atoms with Gasteiger partial charge in [0.1, 0.15) is 54.2 Å². The highest BCUT2D eigenvalue weighted by atomic mass is 32.1. The molecule has 8 aromatic rings. The summed E-state index contributed by atoms with van der Waals surface area (Å²) in [6.45, 7) is 8.52. The number of ether oxygens (including phenoxy) is 4. The number of hydrogen-bond acceptors (Lipinski definition) is 16. The van der Waals surface area contributed by atoms with Gasteiger partial charge in [0.05, 0.1) is 69.5 Å². The van der Waals surface area contributed by atoms with Gasteiger partial charge in [-0.25, -0.2) is 23.1 Å². The van der Waals surface area contributed by atoms with Gasteiger partial charge in [-0.3, -0.25) is 28.7 Å². The summed E-state index contributed by atoms with van der Waals surface area (Å²) in [5.41, 5.74) is -2.49. The Bertz CT molecular complexity index is 3660. The molecule has 2 saturated heterocycles. The molecule has 0 aliphatic carbocycles. The molecule has 2 aliphatic heterocycles. The average Bonchev–Trinajstić information content (AvgIpc) is 4.25. The molecular formula is C50H55FN12O10S2. The summed E-state index contributed by atoms with van der Waals surface area (Å²) in [6, 6.07) is 11.6. The lowest BCUT2D eigenvalue weighted by atomic mass is 9.89. The van der Waals surface area contributed by atoms with Crippen molar-refractivity contribution in [3.63, 3.8) is 0 Å². The molecule has 2 aliphatic rings. The Morgan fingerprint density at radius 2 is 1.40 bits per heavy atom. The van der Waals surface area contributed by atoms with Gasteiger partial charge in [0.15, 0.2) is 0 Å². The Kier molecular flexibility index (Phi) is 14.9. The van der Waals surface area contributed by atoms with E-state index in [9.17, 15) is 33.2 Å². The highest BCUT2D eigenvalue weighted by Crippen LogP contribution is 2.36. The van der Waals surface area contributed by atoms with Crippen LogP contribution in [0.5, 0.6) is 11.5 Å². The number of piperidine rings is 2. The van der Waals surface area contributed by atoms with E-state index in [4.69, 9.17) is 18.9 Å². The lowest BCUT2D eigenvalue weighted by molar-refractivity contribution is -0.145. The first-order valence-electron chi connectivity index (χ1n) is 24.0. The van der Waals surface area contributed by atoms with Crippen LogP contribution >= 0.6 is 22.7 Å². The summed E-state index contributed by atoms with van der Waals surface area (Å²) in [6.07, 6.45) is 7.22. The summed E-state index contributed by atoms with van der Waals surface area (Å²) in [7, 11) is 4.59. The first-order valence-corrected chi connectivity index (χ1v) is 25.6. The van der Waals surface area contributed by atoms with E-state index in [1.54, 1.807) is 52.1 Å². The van der Waals surface area contributed by atoms with Gasteiger partial charge in [-0.2, -0.15) is 20.4 Å². The molecule has 8 heterocycles. The number of aromatic nitrogens is 10. The molecule has 25 heteroatoms. The van der Waals surface area contributed by atoms with Gasteiger partial charge in [0.2, 0.25) is 11.8 Å². The van der Waals surface area contributed by atoms with E-state index in [1.807, 2.05) is 24.3 Å². The SMILES string of the molecule is COCCO[C@@H](Cn1c(=O)n([C@]2(C)CCCNC2=O)c(=O)c2c(C)c(-n3nccn3)sc21)c1cc(F)ccc1OC.COc1ccc(CN2CCCC(C)(n3c(=O)[nH]c4sc(-n5nccn5)c(C)c4c3=O)C2=O)cc1. The number of aromatic amines is 1. The molecule has 75 heavy (non-hydrogen) atoms. The van der Waals surface area contributed by atoms with E-state index < -0.39 is 51.4 Å². The van der Waals surface area contributed by atoms with Crippen molar-refractivity contribution < 1.29 is 32.9 Å². The van der Waals surface area contributed by atoms with Crippen molar-refractivity contribution in [3.05, 3.63) is 137 Å². The van der Waals surface area contributed by atoms with Crippen LogP contribution < -0.4 is 37.3 Å². The molecule has 3 atom stereocenters. The Hall–Kier alpha value is -7.61. The zero-order valence-electron chi connectivity index (χ0n) is 42.2. The molecule has 0 radical (unpaired) electrons. The molecule has 0 spiro atoms. The van der Waals surface area contributed by atoms with Crippen LogP contribution in [-0.4, -0.2) is 113 Å². The predicted octanol–water partition coefficient (Wildman–Crippen LogP) is 4.48. The second-order valence-corrected chi connectivity index (χ2v) is 20.5. The Labute approximate surface area is 434 Å². The third kappa shape index (κ3) is 9.59. The molecule has 0 saturated carbocycles. The Morgan fingerprint density at radius 3 is 2.04 bits per heavy atom. The minimum absolute atomic E-state index is 0.108. The van der Waals surface area contributed by atoms with Gasteiger partial charge in [-0.05, 0) is 89.3 Å². The second kappa shape index (κ2) is 21.3. The zero-order valence-corrected chi connectivity index (χ0v) is 43.9. The zero-order chi connectivity index (χ0) is 53.3. The number of amides is 2. The number of rotatable bonds is 15. The number of methoxy groups -OCH3 is 3. The van der Waals surface area contributed by atoms with Crippen LogP contribution in [0.2, 0.25) is 0 Å². The fourth-order valence-electron chi connectivity index (χ4n) is 9.87. The number of halogens is 1. The summed E-state index contributed by atoms with van der Waals surface area (Å²) in [4.78, 5) is 90.1. The Balaban J connectivity index is 0.000000187. The van der Waals surface area contributed by atoms with Crippen molar-refractivity contribution in [2.24, 2.45) is 0 Å². The third-order valence-electron chi connectivity index (χ3n) is 13.8. The maximum Gasteiger partial charge on any atom is 0.333 e. The van der Waals surface area contributed by atoms with Gasteiger partial charge >= 0.3 is 11.4 Å². The molecule has 2 N–H and O–H groups in total. The minimum Gasteiger partial charge on any atom is -0.497 e. The molecule has 10 rings (SSSR count). The van der Waals surface area contributed by atoms with Gasteiger partial charge < -0.3 is 29.2 Å². The van der Waals surface area contributed by atoms with Gasteiger partial charge in [0, 0.05) is 43.4 Å². The molecule has 2 aromatic carbocycles. The topological polar surface area (TPSA) is 247 Å². The summed E-state index contributed by atoms with van der Waals surface area (Å²) in [5, 5.41) is 21.3. The Morgan fingerprint density at radius 1 is 0.760 bits per heavy atom. The van der Waals surface area contributed by atoms with E-state index in [-0.39, 0.29) is 31.1 Å². The standard InChI is InChI=1S/C27H31FN6O6S.C23H24N6O4S/c1-16-21-22(35)33(27(2)8-5-9-29-25(27)36)26(37)32(24(21)41-23(16)34-30-10-11-31-34)15-20(40-13-12-38-3)18-14-17(28)6-7-19(18)39-4;1-14-17-18(34-20(14)29-24-10-11-25-29)26-22(32)28(19(17)30)23(2)9-4-12-27(21(23)31)13-15-5-7-16(33-3)8-6-15/h6-7,10-11,14,20H,5,8-9,12-13,15H2,1-4H3,(H,29,36);5-8,10-11H,4,9,12-13H2,1-3H3,(H,26,32)/t20-,27+;/m0./s1. The second-order valence-electron chi connectivity index (χ2n) is 18.5. The maximum absolute atomic E-state index is 14.5. The van der Waals surface area contributed by atoms with Crippen molar-refractivity contribution in [1.29, 1.82) is 0 Å². The van der Waals surface area contributed by atoms with E-state index in [2.05, 4.69) is 30.7 Å². The number of hydrogen-bond donors (Lipinski definition) is 2. The van der Waals surface area contributed by atoms with E-state index in [1.165, 1.54) is 81.6 Å². The largest absolute Gasteiger partial charge is 0.497 e. The number of nitrogens with zero attached hydrogens (tertiary/aromatic N) is 10. The van der Waals surface area contributed by atoms with Gasteiger partial charge in [-0.15, -0.1) is 9.59 Å². The van der Waals surface area contributed by atoms with E-state index >= 15 is 0 Å². The van der Waals surface area contributed by atoms with Crippen LogP contribution in [0.3, 0.4) is 0 Å². The summed E-state index contributed by atoms with van der Waals surface area (Å²) >= 11 is 2.41. The van der Waals surface area contributed by atoms with Crippen molar-refractivity contribution in [1.82, 2.24) is 58.9 Å². The summed E-state index contributed by atoms with van der Waals surface area (Å²) in [5.74, 6) is -0.0534. The smallest absolute Gasteiger partial charge is 0.333 e. The first-order chi connectivity index (χ1) is 36.0. The van der Waals surface area contributed by atoms with Crippen molar-refractivity contribution in [2.75, 3.05) is 47.6 Å². The normalized spacial score (nSPS) is 18.3. The third-order valence-corrected chi connectivity index (χ3v) is 16.3. The monoisotopic (exact) mass is 1070 g/mol. The lowest BCUT2D eigenvalue weighted by Crippen LogP contribution is -2.59. The molecule has 1 unspecified atom stereocenters. The number of nitrogens with one attached hydrogen (secondary N) is 2. The molecule has 6 aromatic heterocycles. The minimum atomic E-state index is -1.41. The predicted molar refractivity (Wildman–Crippen MR) is 277 cm³/mol. The van der Waals surface area contributed by atoms with E-state index in [0.29, 0.717) is 92.8 Å². The van der Waals surface area contributed by atoms with Crippen molar-refractivity contribution in [3.8, 4) is 21.5 Å². The molecule has 2 amide bonds. The fraction of sp³-hybridized carbons (Fsp3) is 0.400. The molecule has 0 bridgehead atoms. The van der Waals surface area contributed by atoms with Crippen LogP contribution in [0.4, 0.5) is 4.39 Å². The molecule has 22 nitrogen and oxygen atoms in total. The highest BCUT2D eigenvalue weighted by molar-refractivity contribution is 7.21. The van der Waals surface area contributed by atoms with E-state index in [0.717, 1.165) is 20.4 Å². The number of carbonyl (C=O) groups is 2. The van der Waals surface area contributed by atoms with Crippen LogP contribution in [0.1, 0.15) is 67.9 Å². The van der Waals surface area contributed by atoms with Crippen LogP contribution in [0, 0.1) is 19.7 Å². The molecular weight excluding hydrogens is 1010 g/mol. The fourth-order valence-corrected chi connectivity index (χ4v) is 12.2. The van der Waals surface area contributed by atoms with Crippen LogP contribution in [0.25, 0.3) is 30.4 Å². The maximum atomic E-state index is 14.5. The number of thiophene rings is 2. The number of H-pyrrole nitrogens is 1. The van der Waals surface area contributed by atoms with Crippen molar-refractivity contribution in [2.45, 2.75) is 83.6 Å². The lowest BCUT2D eigenvalue weighted by Gasteiger charge is -2.40. The number of likely N-dealkylation sites (tertiary alicyclic amines) is 1. The number of aryl methyl sites for hydroxylation is 2. The van der Waals surface area contributed by atoms with Crippen molar-refractivity contribution >= 4 is 54.9 Å². The summed E-state index contributed by atoms with van der Waals surface area (Å²) < 4.78 is 40.0. The highest BCUT2D eigenvalue weighted by Gasteiger charge is 2.45. The number of carbonyl (C=O) groups excluding carboxylic acids is 2. The quantitative estimate of drug-likeness (QED) is 0.135. The van der Waals surface area contributed by atoms with Gasteiger partial charge in [-0.1, -0.05) is 34.8 Å². The van der Waals surface area contributed by atoms with Crippen LogP contribution in [0.15, 0.2) is 86.4 Å².